The number of azo groups is 1. The highest BCUT2D eigenvalue weighted by Crippen LogP contribution is 2.00. The minimum absolute atomic E-state index is 0.0972. The van der Waals surface area contributed by atoms with Gasteiger partial charge in [0, 0.05) is 5.92 Å². The fraction of sp³-hybridized carbons (Fsp3) is 0.750. The summed E-state index contributed by atoms with van der Waals surface area (Å²) in [5.41, 5.74) is 0. The Morgan fingerprint density at radius 2 is 1.93 bits per heavy atom. The molecule has 0 rings (SSSR count). The summed E-state index contributed by atoms with van der Waals surface area (Å²) in [4.78, 5) is 34.4. The van der Waals surface area contributed by atoms with E-state index >= 15 is 0 Å². The second-order valence-corrected chi connectivity index (χ2v) is 3.05. The summed E-state index contributed by atoms with van der Waals surface area (Å²) in [6.45, 7) is 3.51. The van der Waals surface area contributed by atoms with Crippen LogP contribution < -0.4 is 0 Å². The molecule has 0 saturated heterocycles. The van der Waals surface area contributed by atoms with Crippen molar-refractivity contribution in [1.29, 1.82) is 0 Å². The summed E-state index contributed by atoms with van der Waals surface area (Å²) in [6, 6.07) is 0. The highest BCUT2D eigenvalue weighted by molar-refractivity contribution is 5.71. The molecule has 0 amide bonds. The van der Waals surface area contributed by atoms with E-state index in [1.165, 1.54) is 6.92 Å². The van der Waals surface area contributed by atoms with Crippen LogP contribution in [-0.2, 0) is 14.4 Å². The lowest BCUT2D eigenvalue weighted by atomic mass is 10.2. The first kappa shape index (κ1) is 13.3. The zero-order chi connectivity index (χ0) is 11.7. The summed E-state index contributed by atoms with van der Waals surface area (Å²) in [6.07, 6.45) is 1.74. The van der Waals surface area contributed by atoms with Crippen molar-refractivity contribution < 1.29 is 14.4 Å². The fourth-order valence-electron chi connectivity index (χ4n) is 0.599. The van der Waals surface area contributed by atoms with Crippen LogP contribution >= 0.6 is 0 Å². The summed E-state index contributed by atoms with van der Waals surface area (Å²) >= 11 is 0. The van der Waals surface area contributed by atoms with Gasteiger partial charge in [0.1, 0.15) is 0 Å². The quantitative estimate of drug-likeness (QED) is 0.359. The number of nitrogens with zero attached hydrogens (tertiary/aromatic N) is 3. The monoisotopic (exact) mass is 214 g/mol. The molecule has 0 aromatic heterocycles. The normalized spacial score (nSPS) is 14.5. The van der Waals surface area contributed by atoms with Gasteiger partial charge in [0.2, 0.25) is 6.29 Å². The molecule has 7 nitrogen and oxygen atoms in total. The average molecular weight is 214 g/mol. The Morgan fingerprint density at radius 3 is 2.47 bits per heavy atom. The van der Waals surface area contributed by atoms with Gasteiger partial charge < -0.3 is 0 Å². The van der Waals surface area contributed by atoms with Crippen LogP contribution in [0.15, 0.2) is 15.6 Å². The summed E-state index contributed by atoms with van der Waals surface area (Å²) in [5.74, 6) is -1.64. The molecule has 0 spiro atoms. The number of carbonyl (C=O) groups excluding carboxylic acids is 2. The predicted octanol–water partition coefficient (Wildman–Crippen LogP) is 1.05. The van der Waals surface area contributed by atoms with Gasteiger partial charge in [0.15, 0.2) is 5.34 Å². The SMILES string of the molecule is CC([C]=O)CN=NCC(C)C(=O)ON=O. The smallest absolute Gasteiger partial charge is 0.291 e. The molecule has 0 N–H and O–H groups in total. The Bertz CT molecular complexity index is 254. The van der Waals surface area contributed by atoms with E-state index in [4.69, 9.17) is 0 Å². The molecule has 7 heteroatoms. The van der Waals surface area contributed by atoms with Crippen molar-refractivity contribution in [3.05, 3.63) is 4.91 Å². The lowest BCUT2D eigenvalue weighted by Gasteiger charge is -2.01. The second-order valence-electron chi connectivity index (χ2n) is 3.05. The van der Waals surface area contributed by atoms with Crippen molar-refractivity contribution >= 4 is 12.3 Å². The predicted molar refractivity (Wildman–Crippen MR) is 50.5 cm³/mol. The summed E-state index contributed by atoms with van der Waals surface area (Å²) < 4.78 is 0. The van der Waals surface area contributed by atoms with E-state index in [1.807, 2.05) is 5.34 Å². The van der Waals surface area contributed by atoms with Gasteiger partial charge in [-0.25, -0.2) is 4.79 Å². The Hall–Kier alpha value is -1.66. The van der Waals surface area contributed by atoms with Crippen molar-refractivity contribution in [3.8, 4) is 0 Å². The molecule has 2 unspecified atom stereocenters. The van der Waals surface area contributed by atoms with E-state index in [1.54, 1.807) is 13.2 Å². The molecule has 0 bridgehead atoms. The van der Waals surface area contributed by atoms with Crippen LogP contribution in [0.25, 0.3) is 0 Å². The first-order valence-electron chi connectivity index (χ1n) is 4.36. The molecule has 0 aromatic rings. The van der Waals surface area contributed by atoms with Crippen molar-refractivity contribution in [2.45, 2.75) is 13.8 Å². The molecule has 0 fully saturated rings. The largest absolute Gasteiger partial charge is 0.343 e. The lowest BCUT2D eigenvalue weighted by molar-refractivity contribution is -0.147. The van der Waals surface area contributed by atoms with Crippen molar-refractivity contribution in [2.75, 3.05) is 13.1 Å². The molecular weight excluding hydrogens is 202 g/mol. The Kier molecular flexibility index (Phi) is 6.86. The van der Waals surface area contributed by atoms with E-state index in [2.05, 4.69) is 15.1 Å². The molecule has 2 atom stereocenters. The van der Waals surface area contributed by atoms with Gasteiger partial charge in [-0.05, 0) is 6.92 Å². The van der Waals surface area contributed by atoms with Gasteiger partial charge in [-0.3, -0.25) is 9.63 Å². The van der Waals surface area contributed by atoms with Crippen LogP contribution in [-0.4, -0.2) is 25.3 Å². The minimum atomic E-state index is -0.751. The number of hydrogen-bond donors (Lipinski definition) is 0. The first-order valence-corrected chi connectivity index (χ1v) is 4.36. The molecule has 0 heterocycles. The van der Waals surface area contributed by atoms with Gasteiger partial charge in [0.25, 0.3) is 0 Å². The van der Waals surface area contributed by atoms with Crippen LogP contribution in [0.1, 0.15) is 13.8 Å². The number of rotatable bonds is 7. The third-order valence-corrected chi connectivity index (χ3v) is 1.54. The lowest BCUT2D eigenvalue weighted by Crippen LogP contribution is -2.14. The van der Waals surface area contributed by atoms with Crippen molar-refractivity contribution in [3.63, 3.8) is 0 Å². The Morgan fingerprint density at radius 1 is 1.33 bits per heavy atom. The highest BCUT2D eigenvalue weighted by atomic mass is 16.7. The molecule has 83 valence electrons. The molecule has 0 aliphatic carbocycles. The summed E-state index contributed by atoms with van der Waals surface area (Å²) in [7, 11) is 0. The molecular formula is C8H12N3O4. The van der Waals surface area contributed by atoms with Gasteiger partial charge in [-0.2, -0.15) is 10.2 Å². The maximum atomic E-state index is 10.8. The van der Waals surface area contributed by atoms with E-state index in [0.29, 0.717) is 0 Å². The molecule has 1 radical (unpaired) electrons. The molecule has 0 aliphatic rings. The topological polar surface area (TPSA) is 97.5 Å². The zero-order valence-corrected chi connectivity index (χ0v) is 8.54. The number of carbonyl (C=O) groups is 1. The Balaban J connectivity index is 3.78. The summed E-state index contributed by atoms with van der Waals surface area (Å²) in [5, 5.41) is 9.34. The van der Waals surface area contributed by atoms with Crippen molar-refractivity contribution in [1.82, 2.24) is 0 Å². The molecule has 15 heavy (non-hydrogen) atoms. The number of hydrogen-bond acceptors (Lipinski definition) is 7. The van der Waals surface area contributed by atoms with Gasteiger partial charge in [-0.15, -0.1) is 4.91 Å². The van der Waals surface area contributed by atoms with E-state index in [9.17, 15) is 14.5 Å². The van der Waals surface area contributed by atoms with Crippen LogP contribution in [0.4, 0.5) is 0 Å². The maximum Gasteiger partial charge on any atom is 0.343 e. The standard InChI is InChI=1S/C8H12N3O4/c1-6(5-12)3-9-10-4-7(2)8(13)15-11-14/h6-7H,3-4H2,1-2H3. The molecule has 0 aliphatic heterocycles. The minimum Gasteiger partial charge on any atom is -0.291 e. The molecule has 0 aromatic carbocycles. The van der Waals surface area contributed by atoms with E-state index in [0.717, 1.165) is 0 Å². The molecule has 0 saturated carbocycles. The van der Waals surface area contributed by atoms with E-state index < -0.39 is 11.9 Å². The van der Waals surface area contributed by atoms with Gasteiger partial charge in [-0.1, -0.05) is 6.92 Å². The third-order valence-electron chi connectivity index (χ3n) is 1.54. The van der Waals surface area contributed by atoms with Crippen LogP contribution in [0.3, 0.4) is 0 Å². The zero-order valence-electron chi connectivity index (χ0n) is 8.54. The van der Waals surface area contributed by atoms with E-state index in [-0.39, 0.29) is 19.0 Å². The first-order chi connectivity index (χ1) is 7.11. The third kappa shape index (κ3) is 6.42. The second kappa shape index (κ2) is 7.72. The van der Waals surface area contributed by atoms with Crippen LogP contribution in [0.2, 0.25) is 0 Å². The van der Waals surface area contributed by atoms with Gasteiger partial charge in [0.05, 0.1) is 19.0 Å². The van der Waals surface area contributed by atoms with Crippen LogP contribution in [0, 0.1) is 16.7 Å². The highest BCUT2D eigenvalue weighted by Gasteiger charge is 2.14. The Labute approximate surface area is 86.8 Å². The van der Waals surface area contributed by atoms with Crippen molar-refractivity contribution in [2.24, 2.45) is 27.4 Å². The fourth-order valence-corrected chi connectivity index (χ4v) is 0.599. The van der Waals surface area contributed by atoms with Crippen LogP contribution in [0.5, 0.6) is 0 Å². The maximum absolute atomic E-state index is 10.8. The average Bonchev–Trinajstić information content (AvgIpc) is 2.23. The van der Waals surface area contributed by atoms with Gasteiger partial charge >= 0.3 is 5.97 Å².